The minimum Gasteiger partial charge on any atom is -0.459 e. The second kappa shape index (κ2) is 7.84. The predicted molar refractivity (Wildman–Crippen MR) is 106 cm³/mol. The first kappa shape index (κ1) is 22.5. The van der Waals surface area contributed by atoms with E-state index in [4.69, 9.17) is 9.47 Å². The zero-order valence-electron chi connectivity index (χ0n) is 15.3. The molecule has 0 aromatic carbocycles. The van der Waals surface area contributed by atoms with Crippen molar-refractivity contribution < 1.29 is 56.6 Å². The van der Waals surface area contributed by atoms with Gasteiger partial charge in [0.25, 0.3) is 0 Å². The van der Waals surface area contributed by atoms with Crippen molar-refractivity contribution in [2.45, 2.75) is 56.3 Å². The molecule has 0 saturated carbocycles. The molecule has 0 spiro atoms. The van der Waals surface area contributed by atoms with Crippen molar-refractivity contribution in [2.75, 3.05) is 14.1 Å². The van der Waals surface area contributed by atoms with Crippen molar-refractivity contribution in [1.29, 1.82) is 0 Å². The van der Waals surface area contributed by atoms with E-state index in [1.165, 1.54) is 22.7 Å². The van der Waals surface area contributed by atoms with Crippen LogP contribution in [0.5, 0.6) is 0 Å². The van der Waals surface area contributed by atoms with Gasteiger partial charge in [-0.05, 0) is 22.9 Å². The van der Waals surface area contributed by atoms with Crippen molar-refractivity contribution in [3.05, 3.63) is 44.8 Å². The number of quaternary nitrogens is 1. The molecule has 3 aliphatic rings. The molecule has 149 valence electrons. The number of hydrogen-bond donors (Lipinski definition) is 1. The number of rotatable bonds is 4. The summed E-state index contributed by atoms with van der Waals surface area (Å²) in [6, 6.07) is 8.01. The molecule has 1 N–H and O–H groups in total. The number of carbonyl (C=O) groups excluding carboxylic acids is 1. The largest absolute Gasteiger partial charge is 0.459 e. The van der Waals surface area contributed by atoms with Crippen LogP contribution >= 0.6 is 22.7 Å². The Kier molecular flexibility index (Phi) is 6.31. The molecule has 8 heteroatoms. The van der Waals surface area contributed by atoms with Gasteiger partial charge in [-0.1, -0.05) is 19.6 Å². The molecule has 1 radical (unpaired) electrons. The van der Waals surface area contributed by atoms with Gasteiger partial charge in [0.2, 0.25) is 5.60 Å². The van der Waals surface area contributed by atoms with Crippen LogP contribution in [0, 0.1) is 0 Å². The summed E-state index contributed by atoms with van der Waals surface area (Å²) in [7, 11) is 4.49. The van der Waals surface area contributed by atoms with E-state index in [0.29, 0.717) is 34.0 Å². The first-order chi connectivity index (χ1) is 12.4. The van der Waals surface area contributed by atoms with Crippen LogP contribution in [0.3, 0.4) is 0 Å². The van der Waals surface area contributed by atoms with Crippen LogP contribution in [0.25, 0.3) is 0 Å². The zero-order chi connectivity index (χ0) is 18.1. The number of morpholine rings is 1. The topological polar surface area (TPSA) is 59.1 Å². The summed E-state index contributed by atoms with van der Waals surface area (Å²) in [6.07, 6.45) is 2.05. The number of piperidine rings is 1. The van der Waals surface area contributed by atoms with Crippen LogP contribution < -0.4 is 0 Å². The summed E-state index contributed by atoms with van der Waals surface area (Å²) in [5.41, 5.74) is -1.72. The Morgan fingerprint density at radius 1 is 1.14 bits per heavy atom. The normalized spacial score (nSPS) is 31.9. The van der Waals surface area contributed by atoms with E-state index >= 15 is 0 Å². The van der Waals surface area contributed by atoms with Gasteiger partial charge >= 0.3 is 5.97 Å². The molecular weight excluding hydrogens is 471 g/mol. The van der Waals surface area contributed by atoms with Crippen LogP contribution in [0.2, 0.25) is 0 Å². The van der Waals surface area contributed by atoms with Crippen molar-refractivity contribution in [1.82, 2.24) is 0 Å². The zero-order valence-corrected chi connectivity index (χ0v) is 19.7. The van der Waals surface area contributed by atoms with Crippen LogP contribution in [0.4, 0.5) is 0 Å². The van der Waals surface area contributed by atoms with Gasteiger partial charge in [-0.2, -0.15) is 0 Å². The van der Waals surface area contributed by atoms with Gasteiger partial charge in [0.1, 0.15) is 30.4 Å². The molecule has 3 unspecified atom stereocenters. The van der Waals surface area contributed by atoms with Crippen molar-refractivity contribution in [3.63, 3.8) is 0 Å². The van der Waals surface area contributed by atoms with Crippen molar-refractivity contribution in [3.8, 4) is 0 Å². The molecule has 3 fully saturated rings. The van der Waals surface area contributed by atoms with Crippen LogP contribution in [0.1, 0.15) is 30.0 Å². The van der Waals surface area contributed by atoms with Gasteiger partial charge in [-0.25, -0.2) is 4.79 Å². The number of esters is 1. The van der Waals surface area contributed by atoms with Crippen LogP contribution in [-0.2, 0) is 52.6 Å². The Morgan fingerprint density at radius 3 is 2.07 bits per heavy atom. The molecule has 3 saturated heterocycles. The Bertz CT molecular complexity index is 769. The monoisotopic (exact) mass is 497 g/mol. The van der Waals surface area contributed by atoms with Gasteiger partial charge < -0.3 is 19.1 Å². The molecule has 3 aliphatic heterocycles. The minimum atomic E-state index is -1.72. The SMILES string of the molecule is C.C[N+]1(C)C2CC(OC(=O)C(O)(c3cccs3)c3cccs3)C[C@H]1[C@H]1OC21.[Y]. The van der Waals surface area contributed by atoms with Gasteiger partial charge in [0.15, 0.2) is 0 Å². The summed E-state index contributed by atoms with van der Waals surface area (Å²) in [5, 5.41) is 15.1. The van der Waals surface area contributed by atoms with E-state index in [9.17, 15) is 9.90 Å². The van der Waals surface area contributed by atoms with E-state index in [-0.39, 0.29) is 46.2 Å². The second-order valence-corrected chi connectivity index (χ2v) is 9.89. The van der Waals surface area contributed by atoms with Crippen molar-refractivity contribution in [2.24, 2.45) is 0 Å². The second-order valence-electron chi connectivity index (χ2n) is 7.99. The van der Waals surface area contributed by atoms with Gasteiger partial charge in [-0.15, -0.1) is 22.7 Å². The molecule has 28 heavy (non-hydrogen) atoms. The number of fused-ring (bicyclic) bond motifs is 5. The van der Waals surface area contributed by atoms with Gasteiger partial charge in [0.05, 0.1) is 23.8 Å². The van der Waals surface area contributed by atoms with Crippen LogP contribution in [0.15, 0.2) is 35.0 Å². The number of hydrogen-bond acceptors (Lipinski definition) is 6. The molecule has 2 bridgehead atoms. The number of aliphatic hydroxyl groups is 1. The fourth-order valence-corrected chi connectivity index (χ4v) is 6.54. The molecule has 5 atom stereocenters. The van der Waals surface area contributed by atoms with E-state index in [1.807, 2.05) is 22.9 Å². The average molecular weight is 497 g/mol. The maximum Gasteiger partial charge on any atom is 0.349 e. The molecule has 0 aliphatic carbocycles. The average Bonchev–Trinajstić information content (AvgIpc) is 2.98. The Labute approximate surface area is 199 Å². The number of carbonyl (C=O) groups is 1. The molecular formula is C20H26NO4S2Y+. The quantitative estimate of drug-likeness (QED) is 0.401. The number of epoxide rings is 1. The summed E-state index contributed by atoms with van der Waals surface area (Å²) in [6.45, 7) is 0. The third-order valence-electron chi connectivity index (χ3n) is 6.36. The molecule has 0 amide bonds. The molecule has 5 rings (SSSR count). The third-order valence-corrected chi connectivity index (χ3v) is 8.32. The van der Waals surface area contributed by atoms with Gasteiger partial charge in [-0.3, -0.25) is 0 Å². The molecule has 2 aromatic heterocycles. The summed E-state index contributed by atoms with van der Waals surface area (Å²) < 4.78 is 12.6. The summed E-state index contributed by atoms with van der Waals surface area (Å²) >= 11 is 2.74. The number of ether oxygens (including phenoxy) is 2. The summed E-state index contributed by atoms with van der Waals surface area (Å²) in [5.74, 6) is -0.561. The van der Waals surface area contributed by atoms with E-state index in [1.54, 1.807) is 12.1 Å². The van der Waals surface area contributed by atoms with Crippen LogP contribution in [-0.4, -0.2) is 60.0 Å². The first-order valence-electron chi connectivity index (χ1n) is 8.92. The Hall–Kier alpha value is -0.146. The maximum absolute atomic E-state index is 13.1. The Balaban J connectivity index is 0.00000112. The van der Waals surface area contributed by atoms with Gasteiger partial charge in [0, 0.05) is 45.6 Å². The number of nitrogens with zero attached hydrogens (tertiary/aromatic N) is 1. The standard InChI is InChI=1S/C19H22NO4S2.CH4.Y/c1-20(2)12-9-11(10-13(20)17-16(12)24-17)23-18(21)19(22,14-5-3-7-25-14)15-6-4-8-26-15;;/h3-8,11-13,16-17,22H,9-10H2,1-2H3;1H4;/q+1;;/t11?,12-,13?,16+,17?;;/m0../s1. The van der Waals surface area contributed by atoms with E-state index in [2.05, 4.69) is 14.1 Å². The maximum atomic E-state index is 13.1. The fraction of sp³-hybridized carbons (Fsp3) is 0.550. The third kappa shape index (κ3) is 3.27. The molecule has 5 heterocycles. The number of thiophene rings is 2. The smallest absolute Gasteiger partial charge is 0.349 e. The first-order valence-corrected chi connectivity index (χ1v) is 10.7. The van der Waals surface area contributed by atoms with E-state index in [0.717, 1.165) is 17.3 Å². The molecule has 5 nitrogen and oxygen atoms in total. The molecule has 2 aromatic rings. The predicted octanol–water partition coefficient (Wildman–Crippen LogP) is 2.98. The van der Waals surface area contributed by atoms with Crippen molar-refractivity contribution >= 4 is 28.6 Å². The Morgan fingerprint density at radius 2 is 1.64 bits per heavy atom. The minimum absolute atomic E-state index is 0. The fourth-order valence-electron chi connectivity index (χ4n) is 4.83. The number of likely N-dealkylation sites (N-methyl/N-ethyl adjacent to an activating group) is 1. The van der Waals surface area contributed by atoms with E-state index < -0.39 is 11.6 Å². The summed E-state index contributed by atoms with van der Waals surface area (Å²) in [4.78, 5) is 14.3.